The molecule has 5 nitrogen and oxygen atoms in total. The highest BCUT2D eigenvalue weighted by molar-refractivity contribution is 7.12. The fourth-order valence-corrected chi connectivity index (χ4v) is 6.02. The minimum atomic E-state index is -0.283. The summed E-state index contributed by atoms with van der Waals surface area (Å²) in [5.74, 6) is -0.184. The quantitative estimate of drug-likeness (QED) is 0.452. The molecule has 2 N–H and O–H groups in total. The number of amides is 1. The summed E-state index contributed by atoms with van der Waals surface area (Å²) in [5.41, 5.74) is 4.48. The van der Waals surface area contributed by atoms with Gasteiger partial charge in [0.2, 0.25) is 0 Å². The minimum absolute atomic E-state index is 0.0786. The lowest BCUT2D eigenvalue weighted by Gasteiger charge is -2.36. The monoisotopic (exact) mass is 447 g/mol. The largest absolute Gasteiger partial charge is 0.393 e. The zero-order chi connectivity index (χ0) is 21.8. The molecule has 3 aromatic heterocycles. The van der Waals surface area contributed by atoms with Crippen molar-refractivity contribution in [2.75, 3.05) is 0 Å². The van der Waals surface area contributed by atoms with Crippen LogP contribution < -0.4 is 0 Å². The molecule has 32 heavy (non-hydrogen) atoms. The molecule has 6 rings (SSSR count). The number of aromatic nitrogens is 2. The molecule has 1 aromatic carbocycles. The second-order valence-electron chi connectivity index (χ2n) is 8.77. The topological polar surface area (TPSA) is 69.2 Å². The third kappa shape index (κ3) is 3.32. The van der Waals surface area contributed by atoms with Gasteiger partial charge in [-0.2, -0.15) is 0 Å². The number of aliphatic hydroxyl groups excluding tert-OH is 1. The van der Waals surface area contributed by atoms with Crippen LogP contribution in [0.2, 0.25) is 0 Å². The van der Waals surface area contributed by atoms with E-state index < -0.39 is 0 Å². The second kappa shape index (κ2) is 7.53. The molecule has 162 valence electrons. The van der Waals surface area contributed by atoms with Crippen molar-refractivity contribution >= 4 is 28.3 Å². The van der Waals surface area contributed by atoms with E-state index in [0.717, 1.165) is 51.1 Å². The number of hydrogen-bond donors (Lipinski definition) is 2. The Morgan fingerprint density at radius 1 is 1.06 bits per heavy atom. The molecule has 0 spiro atoms. The number of rotatable bonds is 3. The van der Waals surface area contributed by atoms with Crippen LogP contribution in [-0.2, 0) is 0 Å². The van der Waals surface area contributed by atoms with E-state index in [9.17, 15) is 14.3 Å². The van der Waals surface area contributed by atoms with Crippen LogP contribution in [0.1, 0.15) is 35.4 Å². The highest BCUT2D eigenvalue weighted by Gasteiger charge is 2.43. The fourth-order valence-electron chi connectivity index (χ4n) is 5.17. The van der Waals surface area contributed by atoms with Gasteiger partial charge in [-0.3, -0.25) is 4.79 Å². The van der Waals surface area contributed by atoms with E-state index in [4.69, 9.17) is 0 Å². The summed E-state index contributed by atoms with van der Waals surface area (Å²) in [6.07, 6.45) is 4.86. The summed E-state index contributed by atoms with van der Waals surface area (Å²) >= 11 is 1.46. The minimum Gasteiger partial charge on any atom is -0.393 e. The molecule has 2 aliphatic rings. The van der Waals surface area contributed by atoms with E-state index in [2.05, 4.69) is 16.0 Å². The molecule has 0 saturated carbocycles. The number of halogens is 1. The van der Waals surface area contributed by atoms with E-state index >= 15 is 0 Å². The van der Waals surface area contributed by atoms with Gasteiger partial charge >= 0.3 is 0 Å². The number of aromatic amines is 1. The van der Waals surface area contributed by atoms with Gasteiger partial charge in [0.1, 0.15) is 11.5 Å². The lowest BCUT2D eigenvalue weighted by Crippen LogP contribution is -2.47. The smallest absolute Gasteiger partial charge is 0.264 e. The van der Waals surface area contributed by atoms with Crippen LogP contribution in [0.5, 0.6) is 0 Å². The molecule has 4 aromatic rings. The van der Waals surface area contributed by atoms with Crippen molar-refractivity contribution in [1.29, 1.82) is 0 Å². The predicted octanol–water partition coefficient (Wildman–Crippen LogP) is 5.23. The van der Waals surface area contributed by atoms with Crippen LogP contribution in [0, 0.1) is 5.82 Å². The van der Waals surface area contributed by atoms with Gasteiger partial charge in [-0.15, -0.1) is 11.3 Å². The standard InChI is InChI=1S/C25H22FN3O2S/c26-18-3-1-14(2-4-18)22-8-15-7-16(12-27-24(15)28-22)17-9-23(32-13-17)25(31)29-19-5-6-20(29)11-21(30)10-19/h1-4,7-9,12-13,19-21,30H,5-6,10-11H2,(H,27,28)/t19-,20+,21?. The zero-order valence-electron chi connectivity index (χ0n) is 17.3. The van der Waals surface area contributed by atoms with E-state index in [1.807, 2.05) is 28.6 Å². The second-order valence-corrected chi connectivity index (χ2v) is 9.69. The number of carbonyl (C=O) groups excluding carboxylic acids is 1. The van der Waals surface area contributed by atoms with E-state index in [1.165, 1.54) is 23.5 Å². The molecule has 0 radical (unpaired) electrons. The van der Waals surface area contributed by atoms with Crippen LogP contribution in [0.3, 0.4) is 0 Å². The van der Waals surface area contributed by atoms with Crippen molar-refractivity contribution in [3.8, 4) is 22.4 Å². The number of hydrogen-bond acceptors (Lipinski definition) is 4. The van der Waals surface area contributed by atoms with Crippen molar-refractivity contribution in [2.45, 2.75) is 43.9 Å². The molecule has 2 fully saturated rings. The number of nitrogens with zero attached hydrogens (tertiary/aromatic N) is 2. The van der Waals surface area contributed by atoms with E-state index in [0.29, 0.717) is 12.8 Å². The highest BCUT2D eigenvalue weighted by Crippen LogP contribution is 2.38. The van der Waals surface area contributed by atoms with Gasteiger partial charge in [0, 0.05) is 34.9 Å². The highest BCUT2D eigenvalue weighted by atomic mass is 32.1. The SMILES string of the molecule is O=C(c1cc(-c2cnc3[nH]c(-c4ccc(F)cc4)cc3c2)cs1)N1[C@@H]2CC[C@H]1CC(O)C2. The number of benzene rings is 1. The fraction of sp³-hybridized carbons (Fsp3) is 0.280. The Bertz CT molecular complexity index is 1300. The Kier molecular flexibility index (Phi) is 4.62. The molecule has 1 amide bonds. The summed E-state index contributed by atoms with van der Waals surface area (Å²) in [5, 5.41) is 13.0. The summed E-state index contributed by atoms with van der Waals surface area (Å²) in [6, 6.07) is 12.7. The first kappa shape index (κ1) is 19.6. The Labute approximate surface area is 188 Å². The van der Waals surface area contributed by atoms with E-state index in [1.54, 1.807) is 12.1 Å². The van der Waals surface area contributed by atoms with E-state index in [-0.39, 0.29) is 29.9 Å². The molecular weight excluding hydrogens is 425 g/mol. The maximum atomic E-state index is 13.2. The van der Waals surface area contributed by atoms with Gasteiger partial charge in [-0.25, -0.2) is 9.37 Å². The first-order valence-corrected chi connectivity index (χ1v) is 11.8. The number of carbonyl (C=O) groups is 1. The molecule has 0 aliphatic carbocycles. The lowest BCUT2D eigenvalue weighted by atomic mass is 9.99. The Balaban J connectivity index is 1.27. The molecule has 7 heteroatoms. The predicted molar refractivity (Wildman–Crippen MR) is 123 cm³/mol. The number of fused-ring (bicyclic) bond motifs is 3. The van der Waals surface area contributed by atoms with Crippen LogP contribution in [-0.4, -0.2) is 44.1 Å². The van der Waals surface area contributed by atoms with Crippen LogP contribution in [0.15, 0.2) is 54.0 Å². The van der Waals surface area contributed by atoms with Crippen LogP contribution >= 0.6 is 11.3 Å². The van der Waals surface area contributed by atoms with Crippen LogP contribution in [0.25, 0.3) is 33.4 Å². The summed E-state index contributed by atoms with van der Waals surface area (Å²) in [4.78, 5) is 23.8. The average Bonchev–Trinajstić information content (AvgIpc) is 3.50. The number of H-pyrrole nitrogens is 1. The summed E-state index contributed by atoms with van der Waals surface area (Å²) in [6.45, 7) is 0. The van der Waals surface area contributed by atoms with Crippen molar-refractivity contribution < 1.29 is 14.3 Å². The Morgan fingerprint density at radius 2 is 1.81 bits per heavy atom. The molecule has 2 saturated heterocycles. The summed E-state index contributed by atoms with van der Waals surface area (Å²) in [7, 11) is 0. The lowest BCUT2D eigenvalue weighted by molar-refractivity contribution is 0.0290. The van der Waals surface area contributed by atoms with Gasteiger partial charge < -0.3 is 15.0 Å². The first-order valence-electron chi connectivity index (χ1n) is 10.9. The maximum absolute atomic E-state index is 13.2. The van der Waals surface area contributed by atoms with Crippen LogP contribution in [0.4, 0.5) is 4.39 Å². The Morgan fingerprint density at radius 3 is 2.56 bits per heavy atom. The third-order valence-corrected chi connectivity index (χ3v) is 7.63. The van der Waals surface area contributed by atoms with Crippen molar-refractivity contribution in [1.82, 2.24) is 14.9 Å². The van der Waals surface area contributed by atoms with Gasteiger partial charge in [-0.1, -0.05) is 0 Å². The molecular formula is C25H22FN3O2S. The zero-order valence-corrected chi connectivity index (χ0v) is 18.1. The number of aliphatic hydroxyl groups is 1. The van der Waals surface area contributed by atoms with Crippen molar-refractivity contribution in [3.63, 3.8) is 0 Å². The molecule has 3 atom stereocenters. The Hall–Kier alpha value is -3.03. The van der Waals surface area contributed by atoms with Crippen molar-refractivity contribution in [2.24, 2.45) is 0 Å². The molecule has 5 heterocycles. The average molecular weight is 448 g/mol. The molecule has 1 unspecified atom stereocenters. The maximum Gasteiger partial charge on any atom is 0.264 e. The van der Waals surface area contributed by atoms with Gasteiger partial charge in [0.25, 0.3) is 5.91 Å². The van der Waals surface area contributed by atoms with Gasteiger partial charge in [0.05, 0.1) is 11.0 Å². The normalized spacial score (nSPS) is 22.6. The first-order chi connectivity index (χ1) is 15.5. The number of piperidine rings is 1. The summed E-state index contributed by atoms with van der Waals surface area (Å²) < 4.78 is 13.2. The number of pyridine rings is 1. The number of thiophene rings is 1. The molecule has 2 aliphatic heterocycles. The van der Waals surface area contributed by atoms with Gasteiger partial charge in [0.15, 0.2) is 0 Å². The van der Waals surface area contributed by atoms with Gasteiger partial charge in [-0.05, 0) is 84.7 Å². The van der Waals surface area contributed by atoms with Crippen molar-refractivity contribution in [3.05, 3.63) is 64.7 Å². The molecule has 2 bridgehead atoms. The number of nitrogens with one attached hydrogen (secondary N) is 1. The third-order valence-electron chi connectivity index (χ3n) is 6.71.